The molecule has 0 saturated carbocycles. The molecule has 0 unspecified atom stereocenters. The summed E-state index contributed by atoms with van der Waals surface area (Å²) >= 11 is 0. The molecule has 1 aromatic rings. The quantitative estimate of drug-likeness (QED) is 0.765. The molecule has 18 heavy (non-hydrogen) atoms. The summed E-state index contributed by atoms with van der Waals surface area (Å²) in [6, 6.07) is 9.57. The fourth-order valence-electron chi connectivity index (χ4n) is 1.25. The van der Waals surface area contributed by atoms with Gasteiger partial charge in [-0.2, -0.15) is 0 Å². The Bertz CT molecular complexity index is 458. The molecule has 1 rings (SSSR count). The molecule has 2 N–H and O–H groups in total. The Morgan fingerprint density at radius 2 is 1.89 bits per heavy atom. The average Bonchev–Trinajstić information content (AvgIpc) is 2.35. The van der Waals surface area contributed by atoms with Crippen molar-refractivity contribution in [2.75, 3.05) is 13.1 Å². The lowest BCUT2D eigenvalue weighted by atomic mass is 10.2. The van der Waals surface area contributed by atoms with Crippen molar-refractivity contribution in [2.45, 2.75) is 13.3 Å². The van der Waals surface area contributed by atoms with Crippen LogP contribution in [0.1, 0.15) is 18.9 Å². The first kappa shape index (κ1) is 13.8. The highest BCUT2D eigenvalue weighted by Gasteiger charge is 1.99. The number of rotatable bonds is 4. The fourth-order valence-corrected chi connectivity index (χ4v) is 1.25. The highest BCUT2D eigenvalue weighted by Crippen LogP contribution is 1.94. The highest BCUT2D eigenvalue weighted by molar-refractivity contribution is 5.78. The van der Waals surface area contributed by atoms with Gasteiger partial charge in [0.15, 0.2) is 0 Å². The van der Waals surface area contributed by atoms with E-state index in [1.807, 2.05) is 30.3 Å². The molecule has 4 heteroatoms. The van der Waals surface area contributed by atoms with Crippen LogP contribution in [0.4, 0.5) is 0 Å². The van der Waals surface area contributed by atoms with Gasteiger partial charge >= 0.3 is 0 Å². The van der Waals surface area contributed by atoms with E-state index in [-0.39, 0.29) is 18.2 Å². The van der Waals surface area contributed by atoms with Crippen molar-refractivity contribution >= 4 is 11.8 Å². The van der Waals surface area contributed by atoms with Crippen molar-refractivity contribution in [3.05, 3.63) is 35.9 Å². The van der Waals surface area contributed by atoms with Crippen molar-refractivity contribution in [3.8, 4) is 11.8 Å². The van der Waals surface area contributed by atoms with E-state index in [1.54, 1.807) is 0 Å². The highest BCUT2D eigenvalue weighted by atomic mass is 16.2. The van der Waals surface area contributed by atoms with Crippen LogP contribution in [-0.4, -0.2) is 24.9 Å². The zero-order valence-electron chi connectivity index (χ0n) is 10.3. The fraction of sp³-hybridized carbons (Fsp3) is 0.286. The maximum atomic E-state index is 11.3. The first-order valence-electron chi connectivity index (χ1n) is 5.73. The number of carbonyl (C=O) groups is 2. The summed E-state index contributed by atoms with van der Waals surface area (Å²) in [5, 5.41) is 5.22. The molecule has 0 atom stereocenters. The lowest BCUT2D eigenvalue weighted by Crippen LogP contribution is -2.29. The van der Waals surface area contributed by atoms with Crippen LogP contribution < -0.4 is 10.6 Å². The summed E-state index contributed by atoms with van der Waals surface area (Å²) in [5.74, 6) is 5.55. The largest absolute Gasteiger partial charge is 0.356 e. The monoisotopic (exact) mass is 244 g/mol. The molecule has 0 bridgehead atoms. The molecule has 0 saturated heterocycles. The summed E-state index contributed by atoms with van der Waals surface area (Å²) in [6.07, 6.45) is 0.270. The minimum absolute atomic E-state index is 0.119. The smallest absolute Gasteiger partial charge is 0.222 e. The minimum atomic E-state index is -0.133. The summed E-state index contributed by atoms with van der Waals surface area (Å²) < 4.78 is 0. The summed E-state index contributed by atoms with van der Waals surface area (Å²) in [7, 11) is 0. The lowest BCUT2D eigenvalue weighted by Gasteiger charge is -2.01. The maximum absolute atomic E-state index is 11.3. The second kappa shape index (κ2) is 7.91. The van der Waals surface area contributed by atoms with E-state index in [1.165, 1.54) is 6.92 Å². The molecule has 0 aliphatic rings. The van der Waals surface area contributed by atoms with Crippen LogP contribution in [0.3, 0.4) is 0 Å². The minimum Gasteiger partial charge on any atom is -0.356 e. The molecule has 2 amide bonds. The predicted molar refractivity (Wildman–Crippen MR) is 69.6 cm³/mol. The van der Waals surface area contributed by atoms with Gasteiger partial charge in [-0.3, -0.25) is 9.59 Å². The molecule has 0 aliphatic carbocycles. The molecule has 0 heterocycles. The Balaban J connectivity index is 2.20. The summed E-state index contributed by atoms with van der Waals surface area (Å²) in [6.45, 7) is 2.09. The number of benzene rings is 1. The molecule has 0 spiro atoms. The van der Waals surface area contributed by atoms with E-state index >= 15 is 0 Å². The van der Waals surface area contributed by atoms with E-state index in [0.29, 0.717) is 13.1 Å². The zero-order valence-corrected chi connectivity index (χ0v) is 10.3. The molecular formula is C14H16N2O2. The average molecular weight is 244 g/mol. The summed E-state index contributed by atoms with van der Waals surface area (Å²) in [5.41, 5.74) is 0.921. The Morgan fingerprint density at radius 1 is 1.17 bits per heavy atom. The topological polar surface area (TPSA) is 58.2 Å². The van der Waals surface area contributed by atoms with Gasteiger partial charge in [0.25, 0.3) is 0 Å². The second-order valence-corrected chi connectivity index (χ2v) is 3.68. The van der Waals surface area contributed by atoms with E-state index in [9.17, 15) is 9.59 Å². The zero-order chi connectivity index (χ0) is 13.2. The van der Waals surface area contributed by atoms with Gasteiger partial charge < -0.3 is 10.6 Å². The Labute approximate surface area is 107 Å². The number of carbonyl (C=O) groups excluding carboxylic acids is 2. The van der Waals surface area contributed by atoms with E-state index in [0.717, 1.165) is 5.56 Å². The maximum Gasteiger partial charge on any atom is 0.222 e. The third kappa shape index (κ3) is 6.33. The van der Waals surface area contributed by atoms with Gasteiger partial charge in [0.05, 0.1) is 6.54 Å². The molecule has 0 aromatic heterocycles. The molecule has 0 radical (unpaired) electrons. The lowest BCUT2D eigenvalue weighted by molar-refractivity contribution is -0.121. The van der Waals surface area contributed by atoms with Crippen LogP contribution in [0, 0.1) is 11.8 Å². The third-order valence-electron chi connectivity index (χ3n) is 2.11. The molecule has 4 nitrogen and oxygen atoms in total. The predicted octanol–water partition coefficient (Wildman–Crippen LogP) is 0.680. The van der Waals surface area contributed by atoms with Crippen LogP contribution >= 0.6 is 0 Å². The van der Waals surface area contributed by atoms with Gasteiger partial charge in [-0.05, 0) is 12.1 Å². The first-order valence-corrected chi connectivity index (χ1v) is 5.73. The van der Waals surface area contributed by atoms with Gasteiger partial charge in [-0.15, -0.1) is 0 Å². The van der Waals surface area contributed by atoms with E-state index in [4.69, 9.17) is 0 Å². The molecule has 0 fully saturated rings. The third-order valence-corrected chi connectivity index (χ3v) is 2.11. The van der Waals surface area contributed by atoms with E-state index < -0.39 is 0 Å². The van der Waals surface area contributed by atoms with E-state index in [2.05, 4.69) is 22.5 Å². The van der Waals surface area contributed by atoms with Gasteiger partial charge in [0.2, 0.25) is 11.8 Å². The van der Waals surface area contributed by atoms with Crippen molar-refractivity contribution in [3.63, 3.8) is 0 Å². The second-order valence-electron chi connectivity index (χ2n) is 3.68. The van der Waals surface area contributed by atoms with Crippen LogP contribution in [0.2, 0.25) is 0 Å². The van der Waals surface area contributed by atoms with Crippen LogP contribution in [-0.2, 0) is 9.59 Å². The molecule has 94 valence electrons. The van der Waals surface area contributed by atoms with Gasteiger partial charge in [0.1, 0.15) is 0 Å². The van der Waals surface area contributed by atoms with Crippen molar-refractivity contribution < 1.29 is 9.59 Å². The summed E-state index contributed by atoms with van der Waals surface area (Å²) in [4.78, 5) is 21.9. The van der Waals surface area contributed by atoms with Crippen LogP contribution in [0.5, 0.6) is 0 Å². The van der Waals surface area contributed by atoms with Gasteiger partial charge in [-0.25, -0.2) is 0 Å². The number of hydrogen-bond donors (Lipinski definition) is 2. The van der Waals surface area contributed by atoms with Gasteiger partial charge in [0, 0.05) is 25.5 Å². The van der Waals surface area contributed by atoms with Crippen molar-refractivity contribution in [1.82, 2.24) is 10.6 Å². The van der Waals surface area contributed by atoms with Crippen LogP contribution in [0.25, 0.3) is 0 Å². The Kier molecular flexibility index (Phi) is 6.05. The SMILES string of the molecule is CC(=O)NCCC(=O)NCC#Cc1ccccc1. The Morgan fingerprint density at radius 3 is 2.56 bits per heavy atom. The Hall–Kier alpha value is -2.28. The molecular weight excluding hydrogens is 228 g/mol. The number of hydrogen-bond acceptors (Lipinski definition) is 2. The van der Waals surface area contributed by atoms with Crippen molar-refractivity contribution in [1.29, 1.82) is 0 Å². The molecule has 1 aromatic carbocycles. The standard InChI is InChI=1S/C14H16N2O2/c1-12(17)15-11-9-14(18)16-10-5-8-13-6-3-2-4-7-13/h2-4,6-7H,9-11H2,1H3,(H,15,17)(H,16,18). The van der Waals surface area contributed by atoms with Crippen molar-refractivity contribution in [2.24, 2.45) is 0 Å². The number of nitrogens with one attached hydrogen (secondary N) is 2. The van der Waals surface area contributed by atoms with Crippen LogP contribution in [0.15, 0.2) is 30.3 Å². The molecule has 0 aliphatic heterocycles. The normalized spacial score (nSPS) is 8.94. The first-order chi connectivity index (χ1) is 8.68. The van der Waals surface area contributed by atoms with Gasteiger partial charge in [-0.1, -0.05) is 30.0 Å². The number of amides is 2.